The molecule has 4 nitrogen and oxygen atoms in total. The minimum atomic E-state index is -0.539. The van der Waals surface area contributed by atoms with Crippen molar-refractivity contribution < 1.29 is 9.53 Å². The molecule has 1 aromatic carbocycles. The van der Waals surface area contributed by atoms with Gasteiger partial charge in [-0.3, -0.25) is 4.79 Å². The fourth-order valence-corrected chi connectivity index (χ4v) is 2.74. The molecule has 21 heavy (non-hydrogen) atoms. The fraction of sp³-hybridized carbons (Fsp3) is 0.562. The first kappa shape index (κ1) is 16.1. The Morgan fingerprint density at radius 2 is 2.29 bits per heavy atom. The predicted octanol–water partition coefficient (Wildman–Crippen LogP) is 2.61. The number of benzene rings is 1. The molecule has 1 aliphatic heterocycles. The summed E-state index contributed by atoms with van der Waals surface area (Å²) in [5.74, 6) is 1.01. The van der Waals surface area contributed by atoms with Crippen LogP contribution < -0.4 is 15.4 Å². The van der Waals surface area contributed by atoms with Gasteiger partial charge in [-0.25, -0.2) is 0 Å². The normalized spacial score (nSPS) is 21.4. The summed E-state index contributed by atoms with van der Waals surface area (Å²) in [6.45, 7) is 5.85. The van der Waals surface area contributed by atoms with E-state index in [2.05, 4.69) is 17.6 Å². The Labute approximate surface area is 131 Å². The van der Waals surface area contributed by atoms with Crippen molar-refractivity contribution in [2.24, 2.45) is 5.92 Å². The molecule has 2 rings (SSSR count). The molecule has 5 heteroatoms. The Morgan fingerprint density at radius 3 is 2.95 bits per heavy atom. The first-order chi connectivity index (χ1) is 10.1. The maximum Gasteiger partial charge on any atom is 0.260 e. The van der Waals surface area contributed by atoms with Crippen molar-refractivity contribution in [1.29, 1.82) is 0 Å². The average Bonchev–Trinajstić information content (AvgIpc) is 2.48. The number of halogens is 1. The van der Waals surface area contributed by atoms with Crippen LogP contribution >= 0.6 is 11.6 Å². The zero-order valence-electron chi connectivity index (χ0n) is 12.6. The van der Waals surface area contributed by atoms with Crippen molar-refractivity contribution in [1.82, 2.24) is 10.6 Å². The molecule has 3 atom stereocenters. The zero-order chi connectivity index (χ0) is 15.2. The molecule has 2 N–H and O–H groups in total. The van der Waals surface area contributed by atoms with Crippen LogP contribution in [-0.2, 0) is 4.79 Å². The number of carbonyl (C=O) groups is 1. The Kier molecular flexibility index (Phi) is 5.88. The summed E-state index contributed by atoms with van der Waals surface area (Å²) in [4.78, 5) is 12.2. The molecule has 0 spiro atoms. The lowest BCUT2D eigenvalue weighted by Crippen LogP contribution is -2.48. The molecule has 116 valence electrons. The van der Waals surface area contributed by atoms with Gasteiger partial charge >= 0.3 is 0 Å². The molecule has 3 unspecified atom stereocenters. The number of hydrogen-bond donors (Lipinski definition) is 2. The number of hydrogen-bond acceptors (Lipinski definition) is 3. The van der Waals surface area contributed by atoms with E-state index < -0.39 is 6.10 Å². The van der Waals surface area contributed by atoms with Crippen molar-refractivity contribution in [3.8, 4) is 5.75 Å². The standard InChI is InChI=1S/C16H23ClN2O2/c1-11(13-5-4-8-18-10-13)19-16(20)12(2)21-15-7-3-6-14(17)9-15/h3,6-7,9,11-13,18H,4-5,8,10H2,1-2H3,(H,19,20). The summed E-state index contributed by atoms with van der Waals surface area (Å²) in [6, 6.07) is 7.23. The van der Waals surface area contributed by atoms with Gasteiger partial charge in [-0.2, -0.15) is 0 Å². The van der Waals surface area contributed by atoms with Crippen LogP contribution in [0.3, 0.4) is 0 Å². The summed E-state index contributed by atoms with van der Waals surface area (Å²) in [5, 5.41) is 7.01. The van der Waals surface area contributed by atoms with Crippen LogP contribution in [0.15, 0.2) is 24.3 Å². The molecule has 0 saturated carbocycles. The maximum absolute atomic E-state index is 12.2. The van der Waals surface area contributed by atoms with Gasteiger partial charge in [0.2, 0.25) is 0 Å². The SMILES string of the molecule is CC(Oc1cccc(Cl)c1)C(=O)NC(C)C1CCCNC1. The van der Waals surface area contributed by atoms with Crippen LogP contribution in [0.25, 0.3) is 0 Å². The van der Waals surface area contributed by atoms with E-state index in [1.807, 2.05) is 0 Å². The van der Waals surface area contributed by atoms with Crippen LogP contribution in [0.4, 0.5) is 0 Å². The zero-order valence-corrected chi connectivity index (χ0v) is 13.3. The van der Waals surface area contributed by atoms with Gasteiger partial charge in [-0.1, -0.05) is 17.7 Å². The molecule has 0 aromatic heterocycles. The molecule has 1 heterocycles. The smallest absolute Gasteiger partial charge is 0.260 e. The quantitative estimate of drug-likeness (QED) is 0.879. The lowest BCUT2D eigenvalue weighted by molar-refractivity contribution is -0.128. The first-order valence-electron chi connectivity index (χ1n) is 7.49. The Balaban J connectivity index is 1.84. The monoisotopic (exact) mass is 310 g/mol. The second-order valence-electron chi connectivity index (χ2n) is 5.62. The lowest BCUT2D eigenvalue weighted by atomic mass is 9.93. The molecule has 1 aromatic rings. The molecule has 1 aliphatic rings. The average molecular weight is 311 g/mol. The Hall–Kier alpha value is -1.26. The number of piperidine rings is 1. The van der Waals surface area contributed by atoms with E-state index in [1.54, 1.807) is 31.2 Å². The minimum absolute atomic E-state index is 0.0898. The largest absolute Gasteiger partial charge is 0.481 e. The molecular formula is C16H23ClN2O2. The lowest BCUT2D eigenvalue weighted by Gasteiger charge is -2.29. The van der Waals surface area contributed by atoms with Crippen LogP contribution in [0.5, 0.6) is 5.75 Å². The number of ether oxygens (including phenoxy) is 1. The predicted molar refractivity (Wildman–Crippen MR) is 84.7 cm³/mol. The third-order valence-electron chi connectivity index (χ3n) is 3.89. The van der Waals surface area contributed by atoms with Gasteiger partial charge in [0.15, 0.2) is 6.10 Å². The summed E-state index contributed by atoms with van der Waals surface area (Å²) in [6.07, 6.45) is 1.78. The Bertz CT molecular complexity index is 475. The second kappa shape index (κ2) is 7.66. The summed E-state index contributed by atoms with van der Waals surface area (Å²) >= 11 is 5.91. The molecule has 0 bridgehead atoms. The number of nitrogens with one attached hydrogen (secondary N) is 2. The summed E-state index contributed by atoms with van der Waals surface area (Å²) in [7, 11) is 0. The van der Waals surface area contributed by atoms with E-state index in [-0.39, 0.29) is 11.9 Å². The van der Waals surface area contributed by atoms with Gasteiger partial charge in [-0.15, -0.1) is 0 Å². The van der Waals surface area contributed by atoms with E-state index in [9.17, 15) is 4.79 Å². The van der Waals surface area contributed by atoms with Crippen LogP contribution in [0.2, 0.25) is 5.02 Å². The van der Waals surface area contributed by atoms with Crippen molar-refractivity contribution in [2.75, 3.05) is 13.1 Å². The van der Waals surface area contributed by atoms with Crippen molar-refractivity contribution >= 4 is 17.5 Å². The van der Waals surface area contributed by atoms with Gasteiger partial charge in [-0.05, 0) is 63.9 Å². The van der Waals surface area contributed by atoms with E-state index in [4.69, 9.17) is 16.3 Å². The fourth-order valence-electron chi connectivity index (χ4n) is 2.56. The van der Waals surface area contributed by atoms with Crippen molar-refractivity contribution in [3.05, 3.63) is 29.3 Å². The molecule has 1 amide bonds. The highest BCUT2D eigenvalue weighted by molar-refractivity contribution is 6.30. The van der Waals surface area contributed by atoms with Gasteiger partial charge in [0.1, 0.15) is 5.75 Å². The van der Waals surface area contributed by atoms with E-state index >= 15 is 0 Å². The van der Waals surface area contributed by atoms with Gasteiger partial charge in [0.05, 0.1) is 0 Å². The maximum atomic E-state index is 12.2. The van der Waals surface area contributed by atoms with E-state index in [0.29, 0.717) is 16.7 Å². The van der Waals surface area contributed by atoms with Crippen LogP contribution in [0.1, 0.15) is 26.7 Å². The molecule has 1 fully saturated rings. The summed E-state index contributed by atoms with van der Waals surface area (Å²) in [5.41, 5.74) is 0. The highest BCUT2D eigenvalue weighted by Gasteiger charge is 2.23. The molecule has 1 saturated heterocycles. The second-order valence-corrected chi connectivity index (χ2v) is 6.06. The van der Waals surface area contributed by atoms with E-state index in [0.717, 1.165) is 19.5 Å². The van der Waals surface area contributed by atoms with Crippen molar-refractivity contribution in [2.45, 2.75) is 38.8 Å². The number of rotatable bonds is 5. The molecule has 0 radical (unpaired) electrons. The highest BCUT2D eigenvalue weighted by Crippen LogP contribution is 2.19. The summed E-state index contributed by atoms with van der Waals surface area (Å²) < 4.78 is 5.63. The highest BCUT2D eigenvalue weighted by atomic mass is 35.5. The topological polar surface area (TPSA) is 50.4 Å². The minimum Gasteiger partial charge on any atom is -0.481 e. The Morgan fingerprint density at radius 1 is 1.48 bits per heavy atom. The molecular weight excluding hydrogens is 288 g/mol. The van der Waals surface area contributed by atoms with Crippen LogP contribution in [0, 0.1) is 5.92 Å². The van der Waals surface area contributed by atoms with Gasteiger partial charge in [0, 0.05) is 11.1 Å². The van der Waals surface area contributed by atoms with Gasteiger partial charge < -0.3 is 15.4 Å². The van der Waals surface area contributed by atoms with Crippen molar-refractivity contribution in [3.63, 3.8) is 0 Å². The third-order valence-corrected chi connectivity index (χ3v) is 4.13. The van der Waals surface area contributed by atoms with Gasteiger partial charge in [0.25, 0.3) is 5.91 Å². The third kappa shape index (κ3) is 4.90. The number of carbonyl (C=O) groups excluding carboxylic acids is 1. The van der Waals surface area contributed by atoms with Crippen LogP contribution in [-0.4, -0.2) is 31.1 Å². The first-order valence-corrected chi connectivity index (χ1v) is 7.87. The van der Waals surface area contributed by atoms with E-state index in [1.165, 1.54) is 6.42 Å². The number of amides is 1. The molecule has 0 aliphatic carbocycles.